The molecule has 1 N–H and O–H groups in total. The largest absolute Gasteiger partial charge is 0.465 e. The molecule has 0 spiro atoms. The van der Waals surface area contributed by atoms with E-state index in [2.05, 4.69) is 12.2 Å². The lowest BCUT2D eigenvalue weighted by Crippen LogP contribution is -2.37. The van der Waals surface area contributed by atoms with Gasteiger partial charge >= 0.3 is 5.97 Å². The molecule has 0 heterocycles. The van der Waals surface area contributed by atoms with Crippen LogP contribution >= 0.6 is 0 Å². The third-order valence-corrected chi connectivity index (χ3v) is 1.60. The molecule has 72 valence electrons. The highest BCUT2D eigenvalue weighted by Crippen LogP contribution is 1.98. The average Bonchev–Trinajstić information content (AvgIpc) is 2.04. The van der Waals surface area contributed by atoms with E-state index in [1.54, 1.807) is 0 Å². The Morgan fingerprint density at radius 1 is 1.42 bits per heavy atom. The highest BCUT2D eigenvalue weighted by Gasteiger charge is 2.16. The van der Waals surface area contributed by atoms with Crippen molar-refractivity contribution in [2.24, 2.45) is 0 Å². The number of esters is 1. The van der Waals surface area contributed by atoms with Gasteiger partial charge in [-0.1, -0.05) is 20.3 Å². The van der Waals surface area contributed by atoms with Crippen LogP contribution in [-0.4, -0.2) is 25.2 Å². The van der Waals surface area contributed by atoms with Gasteiger partial charge in [-0.05, 0) is 19.9 Å². The summed E-state index contributed by atoms with van der Waals surface area (Å²) in [6.45, 7) is 7.15. The Morgan fingerprint density at radius 2 is 2.08 bits per heavy atom. The molecule has 0 aliphatic carbocycles. The van der Waals surface area contributed by atoms with Crippen LogP contribution in [0.3, 0.4) is 0 Å². The zero-order chi connectivity index (χ0) is 9.40. The van der Waals surface area contributed by atoms with E-state index < -0.39 is 0 Å². The first-order valence-corrected chi connectivity index (χ1v) is 4.66. The van der Waals surface area contributed by atoms with Gasteiger partial charge in [-0.2, -0.15) is 0 Å². The Hall–Kier alpha value is -0.570. The molecule has 1 atom stereocenters. The van der Waals surface area contributed by atoms with Crippen molar-refractivity contribution in [1.29, 1.82) is 0 Å². The van der Waals surface area contributed by atoms with Crippen LogP contribution in [0.2, 0.25) is 0 Å². The monoisotopic (exact) mass is 173 g/mol. The standard InChI is InChI=1S/C9H19NO2/c1-4-7-8(10-5-2)9(11)12-6-3/h8,10H,4-7H2,1-3H3. The van der Waals surface area contributed by atoms with Gasteiger partial charge in [0.1, 0.15) is 6.04 Å². The number of rotatable bonds is 6. The molecule has 1 unspecified atom stereocenters. The van der Waals surface area contributed by atoms with Gasteiger partial charge in [-0.25, -0.2) is 0 Å². The zero-order valence-corrected chi connectivity index (χ0v) is 8.22. The fraction of sp³-hybridized carbons (Fsp3) is 0.889. The van der Waals surface area contributed by atoms with Crippen molar-refractivity contribution >= 4 is 5.97 Å². The number of carbonyl (C=O) groups is 1. The SMILES string of the molecule is CCCC(NCC)C(=O)OCC. The Labute approximate surface area is 74.5 Å². The lowest BCUT2D eigenvalue weighted by atomic mass is 10.2. The predicted octanol–water partition coefficient (Wildman–Crippen LogP) is 1.33. The van der Waals surface area contributed by atoms with E-state index in [0.717, 1.165) is 19.4 Å². The van der Waals surface area contributed by atoms with Crippen LogP contribution in [0.15, 0.2) is 0 Å². The van der Waals surface area contributed by atoms with E-state index in [9.17, 15) is 4.79 Å². The molecular formula is C9H19NO2. The molecule has 3 nitrogen and oxygen atoms in total. The molecule has 0 rings (SSSR count). The maximum absolute atomic E-state index is 11.2. The molecule has 0 aromatic heterocycles. The van der Waals surface area contributed by atoms with Gasteiger partial charge in [0.15, 0.2) is 0 Å². The molecule has 3 heteroatoms. The maximum atomic E-state index is 11.2. The number of ether oxygens (including phenoxy) is 1. The molecule has 0 saturated carbocycles. The second-order valence-electron chi connectivity index (χ2n) is 2.65. The summed E-state index contributed by atoms with van der Waals surface area (Å²) >= 11 is 0. The van der Waals surface area contributed by atoms with Crippen molar-refractivity contribution in [3.63, 3.8) is 0 Å². The summed E-state index contributed by atoms with van der Waals surface area (Å²) in [7, 11) is 0. The van der Waals surface area contributed by atoms with Crippen LogP contribution < -0.4 is 5.32 Å². The minimum Gasteiger partial charge on any atom is -0.465 e. The predicted molar refractivity (Wildman–Crippen MR) is 49.0 cm³/mol. The van der Waals surface area contributed by atoms with Crippen molar-refractivity contribution < 1.29 is 9.53 Å². The van der Waals surface area contributed by atoms with E-state index in [1.807, 2.05) is 13.8 Å². The van der Waals surface area contributed by atoms with Gasteiger partial charge in [0.2, 0.25) is 0 Å². The third kappa shape index (κ3) is 4.34. The quantitative estimate of drug-likeness (QED) is 0.616. The van der Waals surface area contributed by atoms with Crippen LogP contribution in [0.5, 0.6) is 0 Å². The van der Waals surface area contributed by atoms with Gasteiger partial charge in [0.05, 0.1) is 6.61 Å². The van der Waals surface area contributed by atoms with E-state index in [0.29, 0.717) is 6.61 Å². The van der Waals surface area contributed by atoms with Gasteiger partial charge in [-0.3, -0.25) is 4.79 Å². The summed E-state index contributed by atoms with van der Waals surface area (Å²) in [5, 5.41) is 3.09. The third-order valence-electron chi connectivity index (χ3n) is 1.60. The average molecular weight is 173 g/mol. The normalized spacial score (nSPS) is 12.6. The number of carbonyl (C=O) groups excluding carboxylic acids is 1. The van der Waals surface area contributed by atoms with Crippen LogP contribution in [0.1, 0.15) is 33.6 Å². The molecule has 0 bridgehead atoms. The van der Waals surface area contributed by atoms with Gasteiger partial charge < -0.3 is 10.1 Å². The maximum Gasteiger partial charge on any atom is 0.323 e. The van der Waals surface area contributed by atoms with Crippen LogP contribution in [0.4, 0.5) is 0 Å². The van der Waals surface area contributed by atoms with Gasteiger partial charge in [0, 0.05) is 0 Å². The summed E-state index contributed by atoms with van der Waals surface area (Å²) < 4.78 is 4.91. The number of hydrogen-bond donors (Lipinski definition) is 1. The fourth-order valence-corrected chi connectivity index (χ4v) is 1.08. The van der Waals surface area contributed by atoms with Crippen LogP contribution in [0, 0.1) is 0 Å². The topological polar surface area (TPSA) is 38.3 Å². The number of hydrogen-bond acceptors (Lipinski definition) is 3. The van der Waals surface area contributed by atoms with Gasteiger partial charge in [0.25, 0.3) is 0 Å². The summed E-state index contributed by atoms with van der Waals surface area (Å²) in [5.41, 5.74) is 0. The Balaban J connectivity index is 3.81. The molecule has 0 amide bonds. The van der Waals surface area contributed by atoms with Crippen molar-refractivity contribution in [1.82, 2.24) is 5.32 Å². The Morgan fingerprint density at radius 3 is 2.50 bits per heavy atom. The summed E-state index contributed by atoms with van der Waals surface area (Å²) in [6, 6.07) is -0.111. The second-order valence-corrected chi connectivity index (χ2v) is 2.65. The fourth-order valence-electron chi connectivity index (χ4n) is 1.08. The first kappa shape index (κ1) is 11.4. The lowest BCUT2D eigenvalue weighted by Gasteiger charge is -2.14. The lowest BCUT2D eigenvalue weighted by molar-refractivity contribution is -0.145. The molecular weight excluding hydrogens is 154 g/mol. The molecule has 0 aromatic rings. The summed E-state index contributed by atoms with van der Waals surface area (Å²) in [6.07, 6.45) is 1.85. The van der Waals surface area contributed by atoms with Crippen molar-refractivity contribution in [2.45, 2.75) is 39.7 Å². The van der Waals surface area contributed by atoms with E-state index in [1.165, 1.54) is 0 Å². The molecule has 0 fully saturated rings. The van der Waals surface area contributed by atoms with Crippen LogP contribution in [0.25, 0.3) is 0 Å². The highest BCUT2D eigenvalue weighted by molar-refractivity contribution is 5.75. The van der Waals surface area contributed by atoms with Crippen molar-refractivity contribution in [3.05, 3.63) is 0 Å². The number of likely N-dealkylation sites (N-methyl/N-ethyl adjacent to an activating group) is 1. The van der Waals surface area contributed by atoms with Crippen LogP contribution in [-0.2, 0) is 9.53 Å². The molecule has 0 saturated heterocycles. The minimum absolute atomic E-state index is 0.111. The van der Waals surface area contributed by atoms with E-state index >= 15 is 0 Å². The van der Waals surface area contributed by atoms with Crippen molar-refractivity contribution in [3.8, 4) is 0 Å². The first-order valence-electron chi connectivity index (χ1n) is 4.66. The molecule has 12 heavy (non-hydrogen) atoms. The summed E-state index contributed by atoms with van der Waals surface area (Å²) in [5.74, 6) is -0.124. The van der Waals surface area contributed by atoms with Gasteiger partial charge in [-0.15, -0.1) is 0 Å². The Kier molecular flexibility index (Phi) is 6.76. The number of nitrogens with one attached hydrogen (secondary N) is 1. The van der Waals surface area contributed by atoms with E-state index in [-0.39, 0.29) is 12.0 Å². The second kappa shape index (κ2) is 7.10. The summed E-state index contributed by atoms with van der Waals surface area (Å²) in [4.78, 5) is 11.2. The smallest absolute Gasteiger partial charge is 0.323 e. The zero-order valence-electron chi connectivity index (χ0n) is 8.22. The molecule has 0 aliphatic heterocycles. The molecule has 0 aromatic carbocycles. The Bertz CT molecular complexity index is 120. The minimum atomic E-state index is -0.124. The molecule has 0 aliphatic rings. The molecule has 0 radical (unpaired) electrons. The van der Waals surface area contributed by atoms with E-state index in [4.69, 9.17) is 4.74 Å². The first-order chi connectivity index (χ1) is 5.76. The van der Waals surface area contributed by atoms with Crippen molar-refractivity contribution in [2.75, 3.05) is 13.2 Å². The highest BCUT2D eigenvalue weighted by atomic mass is 16.5.